The van der Waals surface area contributed by atoms with Crippen LogP contribution in [-0.4, -0.2) is 14.8 Å². The molecule has 0 saturated heterocycles. The number of rotatable bonds is 3. The van der Waals surface area contributed by atoms with Crippen molar-refractivity contribution in [1.82, 2.24) is 14.8 Å². The zero-order chi connectivity index (χ0) is 13.2. The summed E-state index contributed by atoms with van der Waals surface area (Å²) in [4.78, 5) is 0. The van der Waals surface area contributed by atoms with Crippen LogP contribution in [0.25, 0.3) is 5.69 Å². The molecule has 0 spiro atoms. The van der Waals surface area contributed by atoms with Gasteiger partial charge in [-0.05, 0) is 23.5 Å². The molecule has 0 aliphatic heterocycles. The summed E-state index contributed by atoms with van der Waals surface area (Å²) in [6, 6.07) is 10.2. The van der Waals surface area contributed by atoms with Crippen LogP contribution in [0.3, 0.4) is 0 Å². The molecule has 1 heterocycles. The summed E-state index contributed by atoms with van der Waals surface area (Å²) in [5, 5.41) is 8.31. The van der Waals surface area contributed by atoms with Crippen molar-refractivity contribution in [1.29, 1.82) is 0 Å². The van der Waals surface area contributed by atoms with Gasteiger partial charge in [0.25, 0.3) is 0 Å². The van der Waals surface area contributed by atoms with Crippen LogP contribution in [0.4, 0.5) is 0 Å². The van der Waals surface area contributed by atoms with E-state index < -0.39 is 0 Å². The van der Waals surface area contributed by atoms with Crippen LogP contribution in [0, 0.1) is 11.3 Å². The van der Waals surface area contributed by atoms with Gasteiger partial charge in [0.1, 0.15) is 12.2 Å². The molecule has 0 radical (unpaired) electrons. The van der Waals surface area contributed by atoms with E-state index >= 15 is 0 Å². The molecule has 3 heteroatoms. The van der Waals surface area contributed by atoms with E-state index in [9.17, 15) is 0 Å². The van der Waals surface area contributed by atoms with Crippen LogP contribution in [0.1, 0.15) is 33.5 Å². The molecule has 1 unspecified atom stereocenters. The molecule has 0 aliphatic rings. The Bertz CT molecular complexity index is 494. The summed E-state index contributed by atoms with van der Waals surface area (Å²) >= 11 is 0. The molecule has 0 fully saturated rings. The summed E-state index contributed by atoms with van der Waals surface area (Å²) < 4.78 is 2.07. The first-order valence-electron chi connectivity index (χ1n) is 6.43. The number of hydrogen-bond acceptors (Lipinski definition) is 2. The predicted octanol–water partition coefficient (Wildman–Crippen LogP) is 3.49. The number of nitrogens with zero attached hydrogens (tertiary/aromatic N) is 3. The van der Waals surface area contributed by atoms with E-state index in [1.54, 1.807) is 6.33 Å². The smallest absolute Gasteiger partial charge is 0.137 e. The van der Waals surface area contributed by atoms with Gasteiger partial charge >= 0.3 is 0 Å². The highest BCUT2D eigenvalue weighted by atomic mass is 15.3. The Morgan fingerprint density at radius 3 is 2.44 bits per heavy atom. The Hall–Kier alpha value is -1.64. The lowest BCUT2D eigenvalue weighted by molar-refractivity contribution is 0.256. The summed E-state index contributed by atoms with van der Waals surface area (Å²) in [7, 11) is 0. The third-order valence-corrected chi connectivity index (χ3v) is 3.62. The van der Waals surface area contributed by atoms with Gasteiger partial charge in [-0.15, -0.1) is 10.2 Å². The Morgan fingerprint density at radius 2 is 1.83 bits per heavy atom. The van der Waals surface area contributed by atoms with Gasteiger partial charge in [-0.3, -0.25) is 4.57 Å². The lowest BCUT2D eigenvalue weighted by Crippen LogP contribution is -2.21. The first-order chi connectivity index (χ1) is 8.48. The van der Waals surface area contributed by atoms with E-state index in [2.05, 4.69) is 54.6 Å². The number of hydrogen-bond donors (Lipinski definition) is 0. The molecule has 2 aromatic rings. The molecule has 2 rings (SSSR count). The molecule has 1 aromatic heterocycles. The highest BCUT2D eigenvalue weighted by Crippen LogP contribution is 2.28. The molecule has 1 atom stereocenters. The highest BCUT2D eigenvalue weighted by Gasteiger charge is 2.22. The standard InChI is InChI=1S/C15H21N3/c1-12(15(2,3)4)10-14-17-16-11-18(14)13-8-6-5-7-9-13/h5-9,11-12H,10H2,1-4H3. The van der Waals surface area contributed by atoms with Crippen LogP contribution in [0.15, 0.2) is 36.7 Å². The molecule has 96 valence electrons. The zero-order valence-corrected chi connectivity index (χ0v) is 11.6. The van der Waals surface area contributed by atoms with Crippen LogP contribution >= 0.6 is 0 Å². The Balaban J connectivity index is 2.24. The van der Waals surface area contributed by atoms with Gasteiger partial charge in [0.15, 0.2) is 0 Å². The van der Waals surface area contributed by atoms with Gasteiger partial charge in [0.2, 0.25) is 0 Å². The van der Waals surface area contributed by atoms with E-state index in [-0.39, 0.29) is 5.41 Å². The third kappa shape index (κ3) is 2.78. The Labute approximate surface area is 109 Å². The second kappa shape index (κ2) is 4.92. The van der Waals surface area contributed by atoms with Gasteiger partial charge in [0, 0.05) is 12.1 Å². The Kier molecular flexibility index (Phi) is 3.50. The van der Waals surface area contributed by atoms with Crippen molar-refractivity contribution >= 4 is 0 Å². The van der Waals surface area contributed by atoms with Crippen LogP contribution in [0.5, 0.6) is 0 Å². The maximum absolute atomic E-state index is 4.26. The average Bonchev–Trinajstić information content (AvgIpc) is 2.77. The molecule has 18 heavy (non-hydrogen) atoms. The van der Waals surface area contributed by atoms with Crippen molar-refractivity contribution in [2.75, 3.05) is 0 Å². The van der Waals surface area contributed by atoms with E-state index in [4.69, 9.17) is 0 Å². The lowest BCUT2D eigenvalue weighted by atomic mass is 9.80. The van der Waals surface area contributed by atoms with E-state index in [0.29, 0.717) is 5.92 Å². The predicted molar refractivity (Wildman–Crippen MR) is 73.7 cm³/mol. The third-order valence-electron chi connectivity index (χ3n) is 3.62. The van der Waals surface area contributed by atoms with Crippen LogP contribution < -0.4 is 0 Å². The summed E-state index contributed by atoms with van der Waals surface area (Å²) in [5.74, 6) is 1.59. The quantitative estimate of drug-likeness (QED) is 0.826. The van der Waals surface area contributed by atoms with Crippen molar-refractivity contribution in [3.8, 4) is 5.69 Å². The molecule has 0 N–H and O–H groups in total. The van der Waals surface area contributed by atoms with Gasteiger partial charge in [-0.25, -0.2) is 0 Å². The normalized spacial score (nSPS) is 13.6. The molecule has 3 nitrogen and oxygen atoms in total. The van der Waals surface area contributed by atoms with Crippen molar-refractivity contribution in [2.45, 2.75) is 34.1 Å². The fourth-order valence-electron chi connectivity index (χ4n) is 1.78. The average molecular weight is 243 g/mol. The van der Waals surface area contributed by atoms with Crippen molar-refractivity contribution < 1.29 is 0 Å². The highest BCUT2D eigenvalue weighted by molar-refractivity contribution is 5.32. The van der Waals surface area contributed by atoms with E-state index in [1.165, 1.54) is 0 Å². The molecule has 1 aromatic carbocycles. The topological polar surface area (TPSA) is 30.7 Å². The van der Waals surface area contributed by atoms with Crippen LogP contribution in [0.2, 0.25) is 0 Å². The second-order valence-electron chi connectivity index (χ2n) is 5.92. The minimum Gasteiger partial charge on any atom is -0.286 e. The maximum Gasteiger partial charge on any atom is 0.137 e. The minimum absolute atomic E-state index is 0.285. The molecule has 0 bridgehead atoms. The fraction of sp³-hybridized carbons (Fsp3) is 0.467. The number of benzene rings is 1. The largest absolute Gasteiger partial charge is 0.286 e. The first kappa shape index (κ1) is 12.8. The van der Waals surface area contributed by atoms with Crippen molar-refractivity contribution in [3.63, 3.8) is 0 Å². The molecule has 0 saturated carbocycles. The molecule has 0 amide bonds. The summed E-state index contributed by atoms with van der Waals surface area (Å²) in [6.45, 7) is 9.06. The van der Waals surface area contributed by atoms with Crippen molar-refractivity contribution in [2.24, 2.45) is 11.3 Å². The number of aromatic nitrogens is 3. The molecular weight excluding hydrogens is 222 g/mol. The summed E-state index contributed by atoms with van der Waals surface area (Å²) in [5.41, 5.74) is 1.41. The SMILES string of the molecule is CC(Cc1nncn1-c1ccccc1)C(C)(C)C. The molecular formula is C15H21N3. The monoisotopic (exact) mass is 243 g/mol. The zero-order valence-electron chi connectivity index (χ0n) is 11.6. The lowest BCUT2D eigenvalue weighted by Gasteiger charge is -2.26. The second-order valence-corrected chi connectivity index (χ2v) is 5.92. The van der Waals surface area contributed by atoms with E-state index in [0.717, 1.165) is 17.9 Å². The van der Waals surface area contributed by atoms with Gasteiger partial charge in [-0.2, -0.15) is 0 Å². The summed E-state index contributed by atoms with van der Waals surface area (Å²) in [6.07, 6.45) is 2.73. The molecule has 0 aliphatic carbocycles. The van der Waals surface area contributed by atoms with Gasteiger partial charge in [-0.1, -0.05) is 45.9 Å². The van der Waals surface area contributed by atoms with Crippen LogP contribution in [-0.2, 0) is 6.42 Å². The van der Waals surface area contributed by atoms with Crippen molar-refractivity contribution in [3.05, 3.63) is 42.5 Å². The van der Waals surface area contributed by atoms with Gasteiger partial charge < -0.3 is 0 Å². The van der Waals surface area contributed by atoms with Gasteiger partial charge in [0.05, 0.1) is 0 Å². The Morgan fingerprint density at radius 1 is 1.17 bits per heavy atom. The first-order valence-corrected chi connectivity index (χ1v) is 6.43. The number of para-hydroxylation sites is 1. The maximum atomic E-state index is 4.26. The fourth-order valence-corrected chi connectivity index (χ4v) is 1.78. The minimum atomic E-state index is 0.285. The van der Waals surface area contributed by atoms with E-state index in [1.807, 2.05) is 18.2 Å².